The van der Waals surface area contributed by atoms with Gasteiger partial charge in [-0.2, -0.15) is 4.40 Å². The fraction of sp³-hybridized carbons (Fsp3) is 0. The van der Waals surface area contributed by atoms with E-state index >= 15 is 0 Å². The molecule has 0 aliphatic carbocycles. The lowest BCUT2D eigenvalue weighted by molar-refractivity contribution is -0.481. The van der Waals surface area contributed by atoms with E-state index in [0.29, 0.717) is 0 Å². The molecule has 0 fully saturated rings. The van der Waals surface area contributed by atoms with Gasteiger partial charge in [-0.3, -0.25) is 0 Å². The van der Waals surface area contributed by atoms with Gasteiger partial charge in [-0.05, 0) is 23.3 Å². The first kappa shape index (κ1) is 14.9. The molecule has 0 unspecified atom stereocenters. The molecule has 0 atom stereocenters. The summed E-state index contributed by atoms with van der Waals surface area (Å²) in [7, 11) is 0. The number of benzene rings is 3. The minimum Gasteiger partial charge on any atom is -0.159 e. The summed E-state index contributed by atoms with van der Waals surface area (Å²) in [6.07, 6.45) is 2.15. The lowest BCUT2D eigenvalue weighted by Gasteiger charge is -2.13. The number of fused-ring (bicyclic) bond motifs is 3. The molecule has 0 N–H and O–H groups in total. The van der Waals surface area contributed by atoms with Gasteiger partial charge in [0.05, 0.1) is 10.9 Å². The molecule has 1 heteroatoms. The quantitative estimate of drug-likeness (QED) is 0.279. The Balaban J connectivity index is 2.06. The van der Waals surface area contributed by atoms with E-state index < -0.39 is 0 Å². The van der Waals surface area contributed by atoms with Crippen LogP contribution in [0.25, 0.3) is 38.7 Å². The van der Waals surface area contributed by atoms with E-state index in [9.17, 15) is 0 Å². The zero-order valence-electron chi connectivity index (χ0n) is 14.3. The van der Waals surface area contributed by atoms with E-state index in [1.165, 1.54) is 38.7 Å². The van der Waals surface area contributed by atoms with E-state index in [0.717, 1.165) is 0 Å². The molecule has 5 rings (SSSR count). The number of aromatic nitrogens is 1. The third-order valence-electron chi connectivity index (χ3n) is 4.92. The van der Waals surface area contributed by atoms with Gasteiger partial charge in [0.2, 0.25) is 11.0 Å². The first-order valence-corrected chi connectivity index (χ1v) is 8.89. The van der Waals surface area contributed by atoms with Crippen LogP contribution in [-0.2, 0) is 0 Å². The smallest absolute Gasteiger partial charge is 0.159 e. The summed E-state index contributed by atoms with van der Waals surface area (Å²) < 4.78 is 2.30. The standard InChI is InChI=1S/C25H18N/c1-3-11-19(12-4-1)24-21-15-7-8-16-22(21)26-18-10-9-17-23(26)25(24)20-13-5-2-6-14-20/h1-18H/q+1. The molecule has 5 aromatic rings. The van der Waals surface area contributed by atoms with E-state index in [2.05, 4.69) is 114 Å². The molecule has 2 aromatic heterocycles. The van der Waals surface area contributed by atoms with E-state index in [-0.39, 0.29) is 0 Å². The van der Waals surface area contributed by atoms with Crippen molar-refractivity contribution in [3.8, 4) is 22.3 Å². The van der Waals surface area contributed by atoms with Crippen LogP contribution >= 0.6 is 0 Å². The van der Waals surface area contributed by atoms with Crippen molar-refractivity contribution in [2.75, 3.05) is 0 Å². The first-order valence-electron chi connectivity index (χ1n) is 8.89. The summed E-state index contributed by atoms with van der Waals surface area (Å²) in [5.41, 5.74) is 7.49. The Bertz CT molecular complexity index is 1110. The molecule has 0 amide bonds. The second-order valence-electron chi connectivity index (χ2n) is 6.46. The molecular weight excluding hydrogens is 314 g/mol. The molecule has 0 aliphatic heterocycles. The molecule has 122 valence electrons. The zero-order valence-corrected chi connectivity index (χ0v) is 14.3. The van der Waals surface area contributed by atoms with Gasteiger partial charge in [-0.15, -0.1) is 0 Å². The minimum atomic E-state index is 1.22. The van der Waals surface area contributed by atoms with Gasteiger partial charge in [0, 0.05) is 23.8 Å². The van der Waals surface area contributed by atoms with E-state index in [4.69, 9.17) is 0 Å². The van der Waals surface area contributed by atoms with Gasteiger partial charge in [0.1, 0.15) is 0 Å². The third kappa shape index (κ3) is 2.29. The molecule has 3 aromatic carbocycles. The summed E-state index contributed by atoms with van der Waals surface area (Å²) in [4.78, 5) is 0. The van der Waals surface area contributed by atoms with Crippen LogP contribution in [0.2, 0.25) is 0 Å². The van der Waals surface area contributed by atoms with Crippen LogP contribution in [-0.4, -0.2) is 0 Å². The number of para-hydroxylation sites is 1. The number of hydrogen-bond acceptors (Lipinski definition) is 0. The Kier molecular flexibility index (Phi) is 3.50. The van der Waals surface area contributed by atoms with Gasteiger partial charge in [-0.1, -0.05) is 72.8 Å². The van der Waals surface area contributed by atoms with Crippen molar-refractivity contribution >= 4 is 16.4 Å². The molecular formula is C25H18N+. The van der Waals surface area contributed by atoms with E-state index in [1.807, 2.05) is 0 Å². The monoisotopic (exact) mass is 332 g/mol. The average molecular weight is 332 g/mol. The summed E-state index contributed by atoms with van der Waals surface area (Å²) in [6, 6.07) is 36.5. The number of pyridine rings is 2. The predicted octanol–water partition coefficient (Wildman–Crippen LogP) is 5.91. The molecule has 0 saturated carbocycles. The number of rotatable bonds is 2. The topological polar surface area (TPSA) is 4.10 Å². The maximum absolute atomic E-state index is 2.30. The minimum absolute atomic E-state index is 1.22. The van der Waals surface area contributed by atoms with Crippen LogP contribution in [0.4, 0.5) is 0 Å². The van der Waals surface area contributed by atoms with Crippen molar-refractivity contribution < 1.29 is 4.40 Å². The molecule has 26 heavy (non-hydrogen) atoms. The number of nitrogens with zero attached hydrogens (tertiary/aromatic N) is 1. The van der Waals surface area contributed by atoms with Crippen LogP contribution < -0.4 is 4.40 Å². The number of hydrogen-bond donors (Lipinski definition) is 0. The Morgan fingerprint density at radius 3 is 1.69 bits per heavy atom. The van der Waals surface area contributed by atoms with Gasteiger partial charge in [0.25, 0.3) is 0 Å². The first-order chi connectivity index (χ1) is 12.9. The van der Waals surface area contributed by atoms with Crippen LogP contribution in [0, 0.1) is 0 Å². The molecule has 0 saturated heterocycles. The maximum Gasteiger partial charge on any atom is 0.219 e. The second kappa shape index (κ2) is 6.12. The van der Waals surface area contributed by atoms with Crippen LogP contribution in [0.1, 0.15) is 0 Å². The highest BCUT2D eigenvalue weighted by Gasteiger charge is 2.22. The van der Waals surface area contributed by atoms with Crippen LogP contribution in [0.15, 0.2) is 109 Å². The van der Waals surface area contributed by atoms with Crippen molar-refractivity contribution in [2.24, 2.45) is 0 Å². The second-order valence-corrected chi connectivity index (χ2v) is 6.46. The van der Waals surface area contributed by atoms with Gasteiger partial charge >= 0.3 is 0 Å². The fourth-order valence-corrected chi connectivity index (χ4v) is 3.82. The molecule has 1 nitrogen and oxygen atoms in total. The zero-order chi connectivity index (χ0) is 17.3. The van der Waals surface area contributed by atoms with Crippen molar-refractivity contribution in [1.29, 1.82) is 0 Å². The van der Waals surface area contributed by atoms with Gasteiger partial charge in [0.15, 0.2) is 6.20 Å². The lowest BCUT2D eigenvalue weighted by Crippen LogP contribution is -2.23. The fourth-order valence-electron chi connectivity index (χ4n) is 3.82. The lowest BCUT2D eigenvalue weighted by atomic mass is 9.90. The maximum atomic E-state index is 2.30. The molecule has 0 bridgehead atoms. The van der Waals surface area contributed by atoms with E-state index in [1.54, 1.807) is 0 Å². The summed E-state index contributed by atoms with van der Waals surface area (Å²) in [5.74, 6) is 0. The highest BCUT2D eigenvalue weighted by molar-refractivity contribution is 6.05. The van der Waals surface area contributed by atoms with Gasteiger partial charge in [-0.25, -0.2) is 0 Å². The predicted molar refractivity (Wildman–Crippen MR) is 108 cm³/mol. The SMILES string of the molecule is c1ccc(-c2c(-c3ccccc3)c3cccc[n+]3c3ccccc23)cc1. The Labute approximate surface area is 152 Å². The summed E-state index contributed by atoms with van der Waals surface area (Å²) in [6.45, 7) is 0. The van der Waals surface area contributed by atoms with Crippen molar-refractivity contribution in [3.63, 3.8) is 0 Å². The largest absolute Gasteiger partial charge is 0.219 e. The molecule has 0 aliphatic rings. The Hall–Kier alpha value is -3.45. The molecule has 0 radical (unpaired) electrons. The summed E-state index contributed by atoms with van der Waals surface area (Å²) >= 11 is 0. The van der Waals surface area contributed by atoms with Crippen molar-refractivity contribution in [2.45, 2.75) is 0 Å². The van der Waals surface area contributed by atoms with Crippen molar-refractivity contribution in [3.05, 3.63) is 109 Å². The normalized spacial score (nSPS) is 11.1. The summed E-state index contributed by atoms with van der Waals surface area (Å²) in [5, 5.41) is 1.27. The van der Waals surface area contributed by atoms with Crippen LogP contribution in [0.5, 0.6) is 0 Å². The average Bonchev–Trinajstić information content (AvgIpc) is 2.74. The van der Waals surface area contributed by atoms with Crippen LogP contribution in [0.3, 0.4) is 0 Å². The molecule has 2 heterocycles. The Morgan fingerprint density at radius 1 is 0.423 bits per heavy atom. The Morgan fingerprint density at radius 2 is 0.962 bits per heavy atom. The highest BCUT2D eigenvalue weighted by atomic mass is 14.9. The van der Waals surface area contributed by atoms with Crippen molar-refractivity contribution in [1.82, 2.24) is 0 Å². The third-order valence-corrected chi connectivity index (χ3v) is 4.92. The van der Waals surface area contributed by atoms with Gasteiger partial charge < -0.3 is 0 Å². The molecule has 0 spiro atoms. The highest BCUT2D eigenvalue weighted by Crippen LogP contribution is 2.38.